The highest BCUT2D eigenvalue weighted by molar-refractivity contribution is 5.51. The Balaban J connectivity index is 1.38. The minimum atomic E-state index is -0.130. The van der Waals surface area contributed by atoms with Gasteiger partial charge in [-0.05, 0) is 48.6 Å². The molecule has 10 rings (SSSR count). The van der Waals surface area contributed by atoms with Crippen LogP contribution >= 0.6 is 0 Å². The second kappa shape index (κ2) is 3.07. The summed E-state index contributed by atoms with van der Waals surface area (Å²) in [6.07, 6.45) is 3.10. The highest BCUT2D eigenvalue weighted by Crippen LogP contribution is 3.05. The molecule has 5 aliphatic carbocycles. The molecule has 8 aliphatic rings. The molecule has 0 N–H and O–H groups in total. The molecular formula is C20H17N3O3. The fourth-order valence-corrected chi connectivity index (χ4v) is 9.27. The van der Waals surface area contributed by atoms with Crippen LogP contribution in [-0.2, 0) is 4.74 Å². The molecule has 0 radical (unpaired) electrons. The van der Waals surface area contributed by atoms with Crippen LogP contribution in [0.1, 0.15) is 24.9 Å². The van der Waals surface area contributed by atoms with Crippen LogP contribution in [0.25, 0.3) is 5.69 Å². The van der Waals surface area contributed by atoms with E-state index < -0.39 is 0 Å². The zero-order chi connectivity index (χ0) is 16.7. The predicted molar refractivity (Wildman–Crippen MR) is 89.1 cm³/mol. The molecule has 26 heavy (non-hydrogen) atoms. The lowest BCUT2D eigenvalue weighted by Gasteiger charge is -2.49. The molecule has 2 spiro atoms. The highest BCUT2D eigenvalue weighted by Gasteiger charge is 3.04. The Morgan fingerprint density at radius 1 is 0.846 bits per heavy atom. The summed E-state index contributed by atoms with van der Waals surface area (Å²) < 4.78 is 11.1. The first-order valence-electron chi connectivity index (χ1n) is 9.89. The van der Waals surface area contributed by atoms with Gasteiger partial charge in [0, 0.05) is 10.8 Å². The number of ether oxygens (including phenoxy) is 1. The number of hydrogen-bond donors (Lipinski definition) is 0. The summed E-state index contributed by atoms with van der Waals surface area (Å²) in [7, 11) is 0. The molecule has 6 fully saturated rings. The maximum atomic E-state index is 13.4. The monoisotopic (exact) mass is 347 g/mol. The summed E-state index contributed by atoms with van der Waals surface area (Å²) >= 11 is 0. The van der Waals surface area contributed by atoms with E-state index in [-0.39, 0.29) is 34.3 Å². The number of nitrogens with zero attached hydrogens (tertiary/aromatic N) is 3. The number of fused-ring (bicyclic) bond motifs is 1. The average molecular weight is 347 g/mol. The number of para-hydroxylation sites is 1. The van der Waals surface area contributed by atoms with Gasteiger partial charge in [-0.25, -0.2) is 23.5 Å². The maximum Gasteiger partial charge on any atom is 0.352 e. The van der Waals surface area contributed by atoms with Crippen molar-refractivity contribution in [1.82, 2.24) is 13.9 Å². The number of epoxide rings is 1. The van der Waals surface area contributed by atoms with Gasteiger partial charge in [0.1, 0.15) is 0 Å². The van der Waals surface area contributed by atoms with E-state index in [0.29, 0.717) is 29.7 Å². The van der Waals surface area contributed by atoms with Gasteiger partial charge in [0.25, 0.3) is 0 Å². The molecule has 1 aromatic carbocycles. The number of hydrogen-bond acceptors (Lipinski definition) is 3. The van der Waals surface area contributed by atoms with Crippen LogP contribution in [0.5, 0.6) is 0 Å². The minimum Gasteiger partial charge on any atom is -0.370 e. The number of benzene rings is 1. The standard InChI is InChI=1S/C20H17N3O3/c24-17-21(8-4-2-1-3-5-8)18(25)23-16-13-11-12(13)15(22(17)23)19-6-9-10(26-9)7-20(16,19)14(11)19/h1-5,9-16H,6-7H2/t9-,10+,11?,12-,13-,14?,15-,16-,19-,20+/m0/s1. The Hall–Kier alpha value is -2.08. The first-order chi connectivity index (χ1) is 12.7. The van der Waals surface area contributed by atoms with Gasteiger partial charge >= 0.3 is 11.4 Å². The van der Waals surface area contributed by atoms with Crippen molar-refractivity contribution in [3.8, 4) is 5.69 Å². The van der Waals surface area contributed by atoms with E-state index >= 15 is 0 Å². The number of rotatable bonds is 1. The van der Waals surface area contributed by atoms with Crippen LogP contribution in [0, 0.1) is 34.5 Å². The summed E-state index contributed by atoms with van der Waals surface area (Å²) in [4.78, 5) is 26.8. The molecule has 2 unspecified atom stereocenters. The molecule has 130 valence electrons. The Morgan fingerprint density at radius 3 is 2.00 bits per heavy atom. The maximum absolute atomic E-state index is 13.4. The predicted octanol–water partition coefficient (Wildman–Crippen LogP) is 0.950. The van der Waals surface area contributed by atoms with Crippen LogP contribution in [0.3, 0.4) is 0 Å². The van der Waals surface area contributed by atoms with Gasteiger partial charge in [-0.2, -0.15) is 0 Å². The van der Waals surface area contributed by atoms with Gasteiger partial charge in [-0.3, -0.25) is 0 Å². The fraction of sp³-hybridized carbons (Fsp3) is 0.600. The molecule has 6 nitrogen and oxygen atoms in total. The Bertz CT molecular complexity index is 1120. The van der Waals surface area contributed by atoms with Crippen molar-refractivity contribution >= 4 is 0 Å². The molecule has 3 aliphatic heterocycles. The van der Waals surface area contributed by atoms with Gasteiger partial charge in [-0.1, -0.05) is 18.2 Å². The molecule has 6 heteroatoms. The molecule has 2 aromatic rings. The summed E-state index contributed by atoms with van der Waals surface area (Å²) in [5.74, 6) is 2.82. The van der Waals surface area contributed by atoms with Gasteiger partial charge in [0.05, 0.1) is 30.0 Å². The van der Waals surface area contributed by atoms with Crippen molar-refractivity contribution in [1.29, 1.82) is 0 Å². The van der Waals surface area contributed by atoms with E-state index in [9.17, 15) is 9.59 Å². The molecule has 0 amide bonds. The second-order valence-electron chi connectivity index (χ2n) is 9.73. The summed E-state index contributed by atoms with van der Waals surface area (Å²) in [6.45, 7) is 0. The first kappa shape index (κ1) is 12.3. The molecule has 1 saturated heterocycles. The van der Waals surface area contributed by atoms with Crippen molar-refractivity contribution in [2.45, 2.75) is 37.1 Å². The van der Waals surface area contributed by atoms with Crippen LogP contribution in [0.15, 0.2) is 39.9 Å². The summed E-state index contributed by atoms with van der Waals surface area (Å²) in [5, 5.41) is 0. The first-order valence-corrected chi connectivity index (χ1v) is 9.89. The third-order valence-corrected chi connectivity index (χ3v) is 9.57. The summed E-state index contributed by atoms with van der Waals surface area (Å²) in [5.41, 5.74) is 0.955. The van der Waals surface area contributed by atoms with E-state index in [2.05, 4.69) is 0 Å². The van der Waals surface area contributed by atoms with Gasteiger partial charge in [-0.15, -0.1) is 0 Å². The van der Waals surface area contributed by atoms with Gasteiger partial charge in [0.15, 0.2) is 0 Å². The largest absolute Gasteiger partial charge is 0.370 e. The van der Waals surface area contributed by atoms with Crippen LogP contribution in [0.4, 0.5) is 0 Å². The average Bonchev–Trinajstić information content (AvgIpc) is 3.55. The van der Waals surface area contributed by atoms with E-state index in [1.807, 2.05) is 39.7 Å². The molecule has 1 aromatic heterocycles. The van der Waals surface area contributed by atoms with Crippen molar-refractivity contribution < 1.29 is 4.74 Å². The van der Waals surface area contributed by atoms with Crippen LogP contribution < -0.4 is 11.4 Å². The lowest BCUT2D eigenvalue weighted by Crippen LogP contribution is -2.54. The third kappa shape index (κ3) is 0.839. The van der Waals surface area contributed by atoms with Crippen molar-refractivity contribution in [3.63, 3.8) is 0 Å². The lowest BCUT2D eigenvalue weighted by atomic mass is 9.65. The normalized spacial score (nSPS) is 56.6. The molecule has 5 saturated carbocycles. The molecular weight excluding hydrogens is 330 g/mol. The van der Waals surface area contributed by atoms with E-state index in [0.717, 1.165) is 24.7 Å². The molecule has 4 heterocycles. The topological polar surface area (TPSA) is 61.5 Å². The van der Waals surface area contributed by atoms with Gasteiger partial charge < -0.3 is 4.74 Å². The van der Waals surface area contributed by atoms with E-state index in [1.54, 1.807) is 0 Å². The van der Waals surface area contributed by atoms with Crippen molar-refractivity contribution in [2.24, 2.45) is 34.5 Å². The fourth-order valence-electron chi connectivity index (χ4n) is 9.27. The SMILES string of the molecule is O=c1n(-c2ccccc2)c(=O)n2n1[C@H]1[C@H]3C4C5[C@@]16C[C@@H]1O[C@@H]1C[C@]56[C@@H]2[C@@H]43. The summed E-state index contributed by atoms with van der Waals surface area (Å²) in [6, 6.07) is 9.88. The smallest absolute Gasteiger partial charge is 0.352 e. The second-order valence-corrected chi connectivity index (χ2v) is 9.73. The molecule has 10 atom stereocenters. The van der Waals surface area contributed by atoms with E-state index in [1.165, 1.54) is 4.57 Å². The van der Waals surface area contributed by atoms with Crippen molar-refractivity contribution in [3.05, 3.63) is 51.3 Å². The number of aromatic nitrogens is 3. The Labute approximate surface area is 148 Å². The minimum absolute atomic E-state index is 0.130. The zero-order valence-electron chi connectivity index (χ0n) is 14.0. The van der Waals surface area contributed by atoms with E-state index in [4.69, 9.17) is 4.74 Å². The zero-order valence-corrected chi connectivity index (χ0v) is 14.0. The van der Waals surface area contributed by atoms with Crippen LogP contribution in [0.2, 0.25) is 0 Å². The van der Waals surface area contributed by atoms with Crippen LogP contribution in [-0.4, -0.2) is 26.1 Å². The van der Waals surface area contributed by atoms with Gasteiger partial charge in [0.2, 0.25) is 0 Å². The highest BCUT2D eigenvalue weighted by atomic mass is 16.6. The lowest BCUT2D eigenvalue weighted by molar-refractivity contribution is -0.0170. The quantitative estimate of drug-likeness (QED) is 0.722. The molecule has 2 bridgehead atoms. The Kier molecular flexibility index (Phi) is 1.45. The Morgan fingerprint density at radius 2 is 1.42 bits per heavy atom. The third-order valence-electron chi connectivity index (χ3n) is 9.57. The van der Waals surface area contributed by atoms with Crippen molar-refractivity contribution in [2.75, 3.05) is 0 Å².